The van der Waals surface area contributed by atoms with Crippen LogP contribution >= 0.6 is 22.9 Å². The van der Waals surface area contributed by atoms with Gasteiger partial charge in [-0.25, -0.2) is 4.98 Å². The molecule has 0 aliphatic carbocycles. The number of carbonyl (C=O) groups is 1. The van der Waals surface area contributed by atoms with Gasteiger partial charge < -0.3 is 10.4 Å². The van der Waals surface area contributed by atoms with Crippen LogP contribution in [-0.2, 0) is 4.79 Å². The lowest BCUT2D eigenvalue weighted by atomic mass is 10.4. The van der Waals surface area contributed by atoms with Crippen molar-refractivity contribution in [2.45, 2.75) is 0 Å². The number of amides is 1. The van der Waals surface area contributed by atoms with E-state index in [1.165, 1.54) is 17.4 Å². The van der Waals surface area contributed by atoms with Gasteiger partial charge in [-0.3, -0.25) is 9.20 Å². The first-order valence-electron chi connectivity index (χ1n) is 4.90. The van der Waals surface area contributed by atoms with E-state index in [1.54, 1.807) is 6.08 Å². The average molecular weight is 272 g/mol. The van der Waals surface area contributed by atoms with E-state index in [-0.39, 0.29) is 19.1 Å². The van der Waals surface area contributed by atoms with Gasteiger partial charge in [-0.2, -0.15) is 0 Å². The minimum atomic E-state index is -0.278. The molecule has 2 N–H and O–H groups in total. The van der Waals surface area contributed by atoms with E-state index in [1.807, 2.05) is 16.0 Å². The first kappa shape index (κ1) is 12.1. The van der Waals surface area contributed by atoms with Gasteiger partial charge in [0.05, 0.1) is 12.3 Å². The van der Waals surface area contributed by atoms with Gasteiger partial charge in [0.15, 0.2) is 10.1 Å². The molecule has 0 spiro atoms. The van der Waals surface area contributed by atoms with Crippen LogP contribution in [0.4, 0.5) is 0 Å². The smallest absolute Gasteiger partial charge is 0.244 e. The van der Waals surface area contributed by atoms with Gasteiger partial charge in [0.25, 0.3) is 0 Å². The maximum absolute atomic E-state index is 11.3. The van der Waals surface area contributed by atoms with Gasteiger partial charge in [0.2, 0.25) is 5.91 Å². The largest absolute Gasteiger partial charge is 0.395 e. The zero-order chi connectivity index (χ0) is 12.3. The standard InChI is InChI=1S/C10H10ClN3O2S/c11-9-7(1-2-8(16)12-3-5-15)14-4-6-17-10(14)13-9/h1-2,4,6,15H,3,5H2,(H,12,16)/b2-1+. The molecule has 0 fully saturated rings. The Balaban J connectivity index is 2.17. The third-order valence-corrected chi connectivity index (χ3v) is 3.09. The van der Waals surface area contributed by atoms with Crippen LogP contribution in [0.2, 0.25) is 5.15 Å². The van der Waals surface area contributed by atoms with Crippen molar-refractivity contribution < 1.29 is 9.90 Å². The maximum Gasteiger partial charge on any atom is 0.244 e. The number of aliphatic hydroxyl groups excluding tert-OH is 1. The molecule has 0 saturated carbocycles. The highest BCUT2D eigenvalue weighted by Crippen LogP contribution is 2.22. The van der Waals surface area contributed by atoms with Crippen LogP contribution in [0.1, 0.15) is 5.69 Å². The number of rotatable bonds is 4. The van der Waals surface area contributed by atoms with E-state index in [0.717, 1.165) is 4.96 Å². The lowest BCUT2D eigenvalue weighted by Crippen LogP contribution is -2.24. The van der Waals surface area contributed by atoms with Crippen molar-refractivity contribution in [2.75, 3.05) is 13.2 Å². The Bertz CT molecular complexity index is 561. The molecule has 90 valence electrons. The van der Waals surface area contributed by atoms with Crippen LogP contribution in [-0.4, -0.2) is 33.6 Å². The van der Waals surface area contributed by atoms with Crippen LogP contribution in [0.25, 0.3) is 11.0 Å². The molecule has 0 unspecified atom stereocenters. The number of aliphatic hydroxyl groups is 1. The molecule has 1 amide bonds. The number of carbonyl (C=O) groups excluding carboxylic acids is 1. The van der Waals surface area contributed by atoms with Crippen molar-refractivity contribution in [3.05, 3.63) is 28.5 Å². The van der Waals surface area contributed by atoms with E-state index in [2.05, 4.69) is 10.3 Å². The summed E-state index contributed by atoms with van der Waals surface area (Å²) in [5.74, 6) is -0.278. The van der Waals surface area contributed by atoms with E-state index >= 15 is 0 Å². The molecule has 0 aromatic carbocycles. The van der Waals surface area contributed by atoms with E-state index < -0.39 is 0 Å². The van der Waals surface area contributed by atoms with Crippen LogP contribution in [0.5, 0.6) is 0 Å². The molecule has 7 heteroatoms. The summed E-state index contributed by atoms with van der Waals surface area (Å²) in [6.07, 6.45) is 4.80. The van der Waals surface area contributed by atoms with Gasteiger partial charge in [-0.1, -0.05) is 11.6 Å². The molecule has 0 aliphatic heterocycles. The van der Waals surface area contributed by atoms with Crippen molar-refractivity contribution in [3.63, 3.8) is 0 Å². The average Bonchev–Trinajstić information content (AvgIpc) is 2.84. The van der Waals surface area contributed by atoms with Crippen molar-refractivity contribution in [2.24, 2.45) is 0 Å². The number of halogens is 1. The summed E-state index contributed by atoms with van der Waals surface area (Å²) in [5.41, 5.74) is 0.669. The molecule has 17 heavy (non-hydrogen) atoms. The number of imidazole rings is 1. The zero-order valence-corrected chi connectivity index (χ0v) is 10.3. The number of hydrogen-bond acceptors (Lipinski definition) is 4. The second-order valence-corrected chi connectivity index (χ2v) is 4.42. The first-order valence-corrected chi connectivity index (χ1v) is 6.16. The second kappa shape index (κ2) is 5.31. The fraction of sp³-hybridized carbons (Fsp3) is 0.200. The van der Waals surface area contributed by atoms with Crippen LogP contribution in [0, 0.1) is 0 Å². The van der Waals surface area contributed by atoms with Crippen LogP contribution < -0.4 is 5.32 Å². The monoisotopic (exact) mass is 271 g/mol. The molecule has 2 aromatic rings. The van der Waals surface area contributed by atoms with Crippen LogP contribution in [0.3, 0.4) is 0 Å². The Morgan fingerprint density at radius 2 is 2.53 bits per heavy atom. The molecule has 2 rings (SSSR count). The van der Waals surface area contributed by atoms with E-state index in [0.29, 0.717) is 10.8 Å². The van der Waals surface area contributed by atoms with Gasteiger partial charge in [-0.05, 0) is 6.08 Å². The summed E-state index contributed by atoms with van der Waals surface area (Å²) in [6, 6.07) is 0. The Hall–Kier alpha value is -1.37. The van der Waals surface area contributed by atoms with Gasteiger partial charge in [0, 0.05) is 24.2 Å². The highest BCUT2D eigenvalue weighted by atomic mass is 35.5. The van der Waals surface area contributed by atoms with Gasteiger partial charge in [-0.15, -0.1) is 11.3 Å². The third kappa shape index (κ3) is 2.66. The summed E-state index contributed by atoms with van der Waals surface area (Å²) in [6.45, 7) is 0.152. The lowest BCUT2D eigenvalue weighted by Gasteiger charge is -1.97. The molecule has 0 radical (unpaired) electrons. The number of aromatic nitrogens is 2. The third-order valence-electron chi connectivity index (χ3n) is 2.06. The number of hydrogen-bond donors (Lipinski definition) is 2. The molecule has 0 aliphatic rings. The van der Waals surface area contributed by atoms with Crippen molar-refractivity contribution in [1.82, 2.24) is 14.7 Å². The normalized spacial score (nSPS) is 11.4. The fourth-order valence-electron chi connectivity index (χ4n) is 1.32. The van der Waals surface area contributed by atoms with Gasteiger partial charge in [0.1, 0.15) is 0 Å². The number of thiazole rings is 1. The van der Waals surface area contributed by atoms with E-state index in [9.17, 15) is 4.79 Å². The highest BCUT2D eigenvalue weighted by Gasteiger charge is 2.08. The minimum absolute atomic E-state index is 0.0816. The molecule has 5 nitrogen and oxygen atoms in total. The SMILES string of the molecule is O=C(/C=C/c1c(Cl)nc2sccn12)NCCO. The minimum Gasteiger partial charge on any atom is -0.395 e. The summed E-state index contributed by atoms with van der Waals surface area (Å²) in [7, 11) is 0. The fourth-order valence-corrected chi connectivity index (χ4v) is 2.32. The molecular formula is C10H10ClN3O2S. The molecule has 2 aromatic heterocycles. The zero-order valence-electron chi connectivity index (χ0n) is 8.76. The van der Waals surface area contributed by atoms with Crippen LogP contribution in [0.15, 0.2) is 17.7 Å². The van der Waals surface area contributed by atoms with E-state index in [4.69, 9.17) is 16.7 Å². The first-order chi connectivity index (χ1) is 8.22. The highest BCUT2D eigenvalue weighted by molar-refractivity contribution is 7.15. The number of nitrogens with one attached hydrogen (secondary N) is 1. The molecule has 0 bridgehead atoms. The number of fused-ring (bicyclic) bond motifs is 1. The Labute approximate surface area is 106 Å². The molecular weight excluding hydrogens is 262 g/mol. The molecule has 0 saturated heterocycles. The van der Waals surface area contributed by atoms with Crippen molar-refractivity contribution >= 4 is 39.9 Å². The maximum atomic E-state index is 11.3. The topological polar surface area (TPSA) is 66.6 Å². The summed E-state index contributed by atoms with van der Waals surface area (Å²) in [4.78, 5) is 16.2. The Kier molecular flexibility index (Phi) is 3.78. The number of nitrogens with zero attached hydrogens (tertiary/aromatic N) is 2. The quantitative estimate of drug-likeness (QED) is 0.821. The van der Waals surface area contributed by atoms with Crippen molar-refractivity contribution in [1.29, 1.82) is 0 Å². The predicted octanol–water partition coefficient (Wildman–Crippen LogP) is 1.17. The Morgan fingerprint density at radius 3 is 3.29 bits per heavy atom. The molecule has 2 heterocycles. The summed E-state index contributed by atoms with van der Waals surface area (Å²) in [5, 5.41) is 13.3. The lowest BCUT2D eigenvalue weighted by molar-refractivity contribution is -0.116. The van der Waals surface area contributed by atoms with Gasteiger partial charge >= 0.3 is 0 Å². The Morgan fingerprint density at radius 1 is 1.71 bits per heavy atom. The summed E-state index contributed by atoms with van der Waals surface area (Å²) >= 11 is 7.42. The molecule has 0 atom stereocenters. The predicted molar refractivity (Wildman–Crippen MR) is 67.2 cm³/mol. The second-order valence-electron chi connectivity index (χ2n) is 3.19. The summed E-state index contributed by atoms with van der Waals surface area (Å²) < 4.78 is 1.81. The van der Waals surface area contributed by atoms with Crippen molar-refractivity contribution in [3.8, 4) is 0 Å².